The van der Waals surface area contributed by atoms with Crippen LogP contribution in [-0.4, -0.2) is 39.5 Å². The van der Waals surface area contributed by atoms with E-state index < -0.39 is 0 Å². The highest BCUT2D eigenvalue weighted by molar-refractivity contribution is 5.50. The fourth-order valence-corrected chi connectivity index (χ4v) is 0.234. The van der Waals surface area contributed by atoms with E-state index in [2.05, 4.69) is 9.47 Å². The summed E-state index contributed by atoms with van der Waals surface area (Å²) in [5.74, 6) is 0. The third-order valence-corrected chi connectivity index (χ3v) is 0.625. The van der Waals surface area contributed by atoms with Crippen LogP contribution in [0.4, 0.5) is 0 Å². The average molecular weight is 162 g/mol. The van der Waals surface area contributed by atoms with Gasteiger partial charge in [0.25, 0.3) is 0 Å². The van der Waals surface area contributed by atoms with Crippen molar-refractivity contribution in [3.63, 3.8) is 0 Å². The maximum atomic E-state index is 9.44. The molecule has 0 fully saturated rings. The SMILES string of the molecule is CCOCC=O.COCC=O. The molecule has 11 heavy (non-hydrogen) atoms. The summed E-state index contributed by atoms with van der Waals surface area (Å²) in [7, 11) is 1.48. The van der Waals surface area contributed by atoms with Gasteiger partial charge in [-0.3, -0.25) is 0 Å². The lowest BCUT2D eigenvalue weighted by atomic mass is 10.8. The van der Waals surface area contributed by atoms with Crippen molar-refractivity contribution in [2.24, 2.45) is 0 Å². The van der Waals surface area contributed by atoms with Crippen LogP contribution in [0.25, 0.3) is 0 Å². The first-order chi connectivity index (χ1) is 5.33. The Balaban J connectivity index is 0. The van der Waals surface area contributed by atoms with Crippen LogP contribution in [0.1, 0.15) is 6.92 Å². The number of hydrogen-bond donors (Lipinski definition) is 0. The predicted molar refractivity (Wildman–Crippen MR) is 40.5 cm³/mol. The Morgan fingerprint density at radius 3 is 1.82 bits per heavy atom. The Morgan fingerprint density at radius 1 is 1.18 bits per heavy atom. The van der Waals surface area contributed by atoms with Gasteiger partial charge in [0.15, 0.2) is 0 Å². The Bertz CT molecular complexity index is 82.5. The second kappa shape index (κ2) is 16.1. The summed E-state index contributed by atoms with van der Waals surface area (Å²) < 4.78 is 8.94. The van der Waals surface area contributed by atoms with Crippen LogP contribution in [0, 0.1) is 0 Å². The summed E-state index contributed by atoms with van der Waals surface area (Å²) in [5, 5.41) is 0. The van der Waals surface area contributed by atoms with E-state index in [1.54, 1.807) is 0 Å². The molecule has 0 aliphatic heterocycles. The van der Waals surface area contributed by atoms with E-state index in [9.17, 15) is 9.59 Å². The van der Waals surface area contributed by atoms with Crippen LogP contribution in [0.2, 0.25) is 0 Å². The van der Waals surface area contributed by atoms with E-state index in [1.807, 2.05) is 6.92 Å². The molecule has 66 valence electrons. The Labute approximate surface area is 66.5 Å². The molecule has 0 aromatic heterocycles. The normalized spacial score (nSPS) is 7.82. The summed E-state index contributed by atoms with van der Waals surface area (Å²) >= 11 is 0. The zero-order valence-electron chi connectivity index (χ0n) is 6.91. The van der Waals surface area contributed by atoms with Crippen LogP contribution in [-0.2, 0) is 19.1 Å². The maximum Gasteiger partial charge on any atom is 0.145 e. The predicted octanol–water partition coefficient (Wildman–Crippen LogP) is 0.0535. The van der Waals surface area contributed by atoms with Crippen molar-refractivity contribution in [2.45, 2.75) is 6.92 Å². The van der Waals surface area contributed by atoms with Crippen LogP contribution in [0.15, 0.2) is 0 Å². The number of methoxy groups -OCH3 is 1. The molecule has 0 unspecified atom stereocenters. The van der Waals surface area contributed by atoms with Gasteiger partial charge in [-0.2, -0.15) is 0 Å². The van der Waals surface area contributed by atoms with Gasteiger partial charge in [0.1, 0.15) is 25.8 Å². The fourth-order valence-electron chi connectivity index (χ4n) is 0.234. The van der Waals surface area contributed by atoms with E-state index in [1.165, 1.54) is 7.11 Å². The maximum absolute atomic E-state index is 9.44. The third kappa shape index (κ3) is 26.9. The molecule has 4 heteroatoms. The van der Waals surface area contributed by atoms with Crippen LogP contribution >= 0.6 is 0 Å². The highest BCUT2D eigenvalue weighted by atomic mass is 16.5. The molecular formula is C7H14O4. The highest BCUT2D eigenvalue weighted by Crippen LogP contribution is 1.63. The van der Waals surface area contributed by atoms with Crippen molar-refractivity contribution >= 4 is 12.6 Å². The summed E-state index contributed by atoms with van der Waals surface area (Å²) in [5.41, 5.74) is 0. The van der Waals surface area contributed by atoms with E-state index in [4.69, 9.17) is 0 Å². The van der Waals surface area contributed by atoms with Gasteiger partial charge < -0.3 is 19.1 Å². The van der Waals surface area contributed by atoms with E-state index >= 15 is 0 Å². The molecule has 0 aromatic rings. The molecule has 0 saturated carbocycles. The Morgan fingerprint density at radius 2 is 1.73 bits per heavy atom. The first kappa shape index (κ1) is 12.9. The van der Waals surface area contributed by atoms with Crippen molar-refractivity contribution in [1.82, 2.24) is 0 Å². The highest BCUT2D eigenvalue weighted by Gasteiger charge is 1.71. The monoisotopic (exact) mass is 162 g/mol. The third-order valence-electron chi connectivity index (χ3n) is 0.625. The zero-order valence-corrected chi connectivity index (χ0v) is 6.91. The lowest BCUT2D eigenvalue weighted by Gasteiger charge is -1.85. The lowest BCUT2D eigenvalue weighted by Crippen LogP contribution is -1.91. The minimum atomic E-state index is 0.208. The Kier molecular flexibility index (Phi) is 18.9. The van der Waals surface area contributed by atoms with Crippen molar-refractivity contribution < 1.29 is 19.1 Å². The first-order valence-electron chi connectivity index (χ1n) is 3.27. The number of aldehydes is 2. The molecule has 0 atom stereocenters. The van der Waals surface area contributed by atoms with E-state index in [0.717, 1.165) is 6.29 Å². The number of carbonyl (C=O) groups excluding carboxylic acids is 2. The Hall–Kier alpha value is -0.740. The summed E-state index contributed by atoms with van der Waals surface area (Å²) in [6.45, 7) is 2.92. The topological polar surface area (TPSA) is 52.6 Å². The van der Waals surface area contributed by atoms with Crippen molar-refractivity contribution in [1.29, 1.82) is 0 Å². The molecule has 0 heterocycles. The number of rotatable bonds is 5. The second-order valence-corrected chi connectivity index (χ2v) is 1.45. The minimum absolute atomic E-state index is 0.208. The quantitative estimate of drug-likeness (QED) is 0.423. The van der Waals surface area contributed by atoms with Crippen LogP contribution in [0.5, 0.6) is 0 Å². The fraction of sp³-hybridized carbons (Fsp3) is 0.714. The van der Waals surface area contributed by atoms with Gasteiger partial charge >= 0.3 is 0 Å². The molecule has 0 spiro atoms. The van der Waals surface area contributed by atoms with Crippen molar-refractivity contribution in [3.8, 4) is 0 Å². The molecule has 0 radical (unpaired) electrons. The van der Waals surface area contributed by atoms with Crippen LogP contribution < -0.4 is 0 Å². The molecule has 0 aliphatic carbocycles. The summed E-state index contributed by atoms with van der Waals surface area (Å²) in [6, 6.07) is 0. The van der Waals surface area contributed by atoms with Crippen molar-refractivity contribution in [2.75, 3.05) is 26.9 Å². The van der Waals surface area contributed by atoms with Gasteiger partial charge in [0, 0.05) is 13.7 Å². The zero-order chi connectivity index (χ0) is 8.95. The standard InChI is InChI=1S/C4H8O2.C3H6O2/c1-2-6-4-3-5;1-5-3-2-4/h3H,2,4H2,1H3;2H,3H2,1H3. The van der Waals surface area contributed by atoms with Crippen molar-refractivity contribution in [3.05, 3.63) is 0 Å². The minimum Gasteiger partial charge on any atom is -0.377 e. The van der Waals surface area contributed by atoms with E-state index in [0.29, 0.717) is 12.9 Å². The summed E-state index contributed by atoms with van der Waals surface area (Å²) in [4.78, 5) is 18.7. The molecule has 0 bridgehead atoms. The van der Waals surface area contributed by atoms with Gasteiger partial charge in [-0.15, -0.1) is 0 Å². The molecule has 0 N–H and O–H groups in total. The molecular weight excluding hydrogens is 148 g/mol. The van der Waals surface area contributed by atoms with Gasteiger partial charge in [-0.05, 0) is 6.92 Å². The van der Waals surface area contributed by atoms with Gasteiger partial charge in [-0.25, -0.2) is 0 Å². The number of carbonyl (C=O) groups is 2. The largest absolute Gasteiger partial charge is 0.377 e. The summed E-state index contributed by atoms with van der Waals surface area (Å²) in [6.07, 6.45) is 1.45. The molecule has 0 aliphatic rings. The molecule has 0 rings (SSSR count). The molecule has 4 nitrogen and oxygen atoms in total. The van der Waals surface area contributed by atoms with E-state index in [-0.39, 0.29) is 13.2 Å². The first-order valence-corrected chi connectivity index (χ1v) is 3.27. The van der Waals surface area contributed by atoms with Gasteiger partial charge in [0.2, 0.25) is 0 Å². The van der Waals surface area contributed by atoms with Gasteiger partial charge in [0.05, 0.1) is 0 Å². The lowest BCUT2D eigenvalue weighted by molar-refractivity contribution is -0.112. The molecule has 0 saturated heterocycles. The molecule has 0 amide bonds. The molecule has 0 aromatic carbocycles. The van der Waals surface area contributed by atoms with Gasteiger partial charge in [-0.1, -0.05) is 0 Å². The van der Waals surface area contributed by atoms with Crippen LogP contribution in [0.3, 0.4) is 0 Å². The number of hydrogen-bond acceptors (Lipinski definition) is 4. The average Bonchev–Trinajstić information content (AvgIpc) is 2.04. The number of ether oxygens (including phenoxy) is 2. The smallest absolute Gasteiger partial charge is 0.145 e. The second-order valence-electron chi connectivity index (χ2n) is 1.45.